The summed E-state index contributed by atoms with van der Waals surface area (Å²) in [6, 6.07) is 5.30. The molecule has 30 heavy (non-hydrogen) atoms. The summed E-state index contributed by atoms with van der Waals surface area (Å²) in [5.74, 6) is 0.243. The van der Waals surface area contributed by atoms with Gasteiger partial charge in [-0.05, 0) is 37.6 Å². The molecule has 7 nitrogen and oxygen atoms in total. The first-order chi connectivity index (χ1) is 14.2. The van der Waals surface area contributed by atoms with Gasteiger partial charge in [-0.2, -0.15) is 13.2 Å². The number of hydrogen-bond donors (Lipinski definition) is 2. The zero-order valence-corrected chi connectivity index (χ0v) is 16.6. The Morgan fingerprint density at radius 3 is 2.67 bits per heavy atom. The van der Waals surface area contributed by atoms with E-state index in [-0.39, 0.29) is 17.9 Å². The van der Waals surface area contributed by atoms with Gasteiger partial charge in [-0.1, -0.05) is 6.92 Å². The molecule has 0 bridgehead atoms. The van der Waals surface area contributed by atoms with Crippen molar-refractivity contribution in [2.45, 2.75) is 38.9 Å². The third-order valence-corrected chi connectivity index (χ3v) is 4.73. The summed E-state index contributed by atoms with van der Waals surface area (Å²) in [5, 5.41) is 5.56. The fourth-order valence-corrected chi connectivity index (χ4v) is 3.19. The average Bonchev–Trinajstić information content (AvgIpc) is 3.15. The zero-order valence-electron chi connectivity index (χ0n) is 16.6. The van der Waals surface area contributed by atoms with Gasteiger partial charge in [0.15, 0.2) is 0 Å². The van der Waals surface area contributed by atoms with Gasteiger partial charge in [0.05, 0.1) is 5.56 Å². The summed E-state index contributed by atoms with van der Waals surface area (Å²) in [6.45, 7) is 4.45. The van der Waals surface area contributed by atoms with Crippen LogP contribution in [0.3, 0.4) is 0 Å². The van der Waals surface area contributed by atoms with Crippen molar-refractivity contribution in [3.05, 3.63) is 47.3 Å². The number of aryl methyl sites for hydroxylation is 1. The standard InChI is InChI=1S/C20H22F3N5O2/c1-3-18(29)27-16-9-13(8-12(2)25-16)19(30)26-15-6-7-28(11-15)17-5-4-14(10-24-17)20(21,22)23/h4-5,8-10,15H,3,6-7,11H2,1-2H3,(H,26,30)(H,25,27,29). The van der Waals surface area contributed by atoms with Gasteiger partial charge in [0.25, 0.3) is 5.91 Å². The van der Waals surface area contributed by atoms with Crippen LogP contribution in [-0.4, -0.2) is 40.9 Å². The number of amides is 2. The summed E-state index contributed by atoms with van der Waals surface area (Å²) >= 11 is 0. The van der Waals surface area contributed by atoms with Crippen LogP contribution in [0.5, 0.6) is 0 Å². The van der Waals surface area contributed by atoms with E-state index in [0.717, 1.165) is 12.3 Å². The Hall–Kier alpha value is -3.17. The van der Waals surface area contributed by atoms with Gasteiger partial charge < -0.3 is 15.5 Å². The molecule has 0 radical (unpaired) electrons. The van der Waals surface area contributed by atoms with Crippen molar-refractivity contribution in [1.29, 1.82) is 0 Å². The average molecular weight is 421 g/mol. The van der Waals surface area contributed by atoms with Crippen LogP contribution in [0.15, 0.2) is 30.5 Å². The number of alkyl halides is 3. The van der Waals surface area contributed by atoms with Gasteiger partial charge in [0.2, 0.25) is 5.91 Å². The van der Waals surface area contributed by atoms with E-state index in [0.29, 0.717) is 48.8 Å². The highest BCUT2D eigenvalue weighted by molar-refractivity contribution is 5.96. The largest absolute Gasteiger partial charge is 0.417 e. The zero-order chi connectivity index (χ0) is 21.9. The van der Waals surface area contributed by atoms with E-state index in [1.54, 1.807) is 19.9 Å². The Labute approximate surface area is 171 Å². The maximum absolute atomic E-state index is 12.7. The highest BCUT2D eigenvalue weighted by Crippen LogP contribution is 2.30. The lowest BCUT2D eigenvalue weighted by Crippen LogP contribution is -2.37. The Bertz CT molecular complexity index is 931. The highest BCUT2D eigenvalue weighted by Gasteiger charge is 2.31. The van der Waals surface area contributed by atoms with Crippen LogP contribution in [0.2, 0.25) is 0 Å². The SMILES string of the molecule is CCC(=O)Nc1cc(C(=O)NC2CCN(c3ccc(C(F)(F)F)cn3)C2)cc(C)n1. The highest BCUT2D eigenvalue weighted by atomic mass is 19.4. The fourth-order valence-electron chi connectivity index (χ4n) is 3.19. The first-order valence-electron chi connectivity index (χ1n) is 9.53. The molecule has 1 aliphatic rings. The van der Waals surface area contributed by atoms with Crippen LogP contribution in [0, 0.1) is 6.92 Å². The number of carbonyl (C=O) groups excluding carboxylic acids is 2. The molecule has 0 saturated carbocycles. The molecular weight excluding hydrogens is 399 g/mol. The van der Waals surface area contributed by atoms with E-state index in [1.807, 2.05) is 4.90 Å². The number of nitrogens with one attached hydrogen (secondary N) is 2. The van der Waals surface area contributed by atoms with Crippen LogP contribution >= 0.6 is 0 Å². The van der Waals surface area contributed by atoms with Crippen molar-refractivity contribution in [2.75, 3.05) is 23.3 Å². The van der Waals surface area contributed by atoms with Gasteiger partial charge >= 0.3 is 6.18 Å². The maximum atomic E-state index is 12.7. The van der Waals surface area contributed by atoms with E-state index in [1.165, 1.54) is 12.1 Å². The number of nitrogens with zero attached hydrogens (tertiary/aromatic N) is 3. The summed E-state index contributed by atoms with van der Waals surface area (Å²) in [7, 11) is 0. The predicted octanol–water partition coefficient (Wildman–Crippen LogP) is 3.16. The van der Waals surface area contributed by atoms with Crippen LogP contribution in [0.25, 0.3) is 0 Å². The van der Waals surface area contributed by atoms with Crippen molar-refractivity contribution in [3.8, 4) is 0 Å². The molecule has 2 amide bonds. The van der Waals surface area contributed by atoms with Crippen molar-refractivity contribution in [3.63, 3.8) is 0 Å². The Morgan fingerprint density at radius 2 is 2.03 bits per heavy atom. The predicted molar refractivity (Wildman–Crippen MR) is 105 cm³/mol. The molecule has 2 aromatic rings. The molecule has 1 unspecified atom stereocenters. The summed E-state index contributed by atoms with van der Waals surface area (Å²) in [4.78, 5) is 34.2. The van der Waals surface area contributed by atoms with Crippen LogP contribution in [-0.2, 0) is 11.0 Å². The van der Waals surface area contributed by atoms with Gasteiger partial charge in [0, 0.05) is 43.0 Å². The molecule has 0 spiro atoms. The number of aromatic nitrogens is 2. The normalized spacial score (nSPS) is 16.4. The molecule has 0 aromatic carbocycles. The number of rotatable bonds is 5. The lowest BCUT2D eigenvalue weighted by Gasteiger charge is -2.18. The second-order valence-corrected chi connectivity index (χ2v) is 7.09. The van der Waals surface area contributed by atoms with Crippen LogP contribution in [0.1, 0.15) is 41.4 Å². The second kappa shape index (κ2) is 8.68. The lowest BCUT2D eigenvalue weighted by atomic mass is 10.2. The minimum Gasteiger partial charge on any atom is -0.354 e. The third kappa shape index (κ3) is 5.25. The summed E-state index contributed by atoms with van der Waals surface area (Å²) in [5.41, 5.74) is 0.172. The van der Waals surface area contributed by atoms with Gasteiger partial charge in [0.1, 0.15) is 11.6 Å². The summed E-state index contributed by atoms with van der Waals surface area (Å²) in [6.07, 6.45) is -2.68. The van der Waals surface area contributed by atoms with E-state index in [4.69, 9.17) is 0 Å². The number of carbonyl (C=O) groups is 2. The van der Waals surface area contributed by atoms with E-state index in [2.05, 4.69) is 20.6 Å². The Balaban J connectivity index is 1.63. The molecule has 1 aliphatic heterocycles. The molecule has 1 saturated heterocycles. The third-order valence-electron chi connectivity index (χ3n) is 4.73. The van der Waals surface area contributed by atoms with E-state index < -0.39 is 11.7 Å². The number of halogens is 3. The molecule has 2 aromatic heterocycles. The van der Waals surface area contributed by atoms with Crippen LogP contribution in [0.4, 0.5) is 24.8 Å². The number of anilines is 2. The summed E-state index contributed by atoms with van der Waals surface area (Å²) < 4.78 is 38.0. The molecule has 3 heterocycles. The fraction of sp³-hybridized carbons (Fsp3) is 0.400. The van der Waals surface area contributed by atoms with Crippen molar-refractivity contribution >= 4 is 23.5 Å². The molecule has 0 aliphatic carbocycles. The first-order valence-corrected chi connectivity index (χ1v) is 9.53. The number of hydrogen-bond acceptors (Lipinski definition) is 5. The maximum Gasteiger partial charge on any atom is 0.417 e. The Morgan fingerprint density at radius 1 is 1.27 bits per heavy atom. The molecule has 1 fully saturated rings. The van der Waals surface area contributed by atoms with Crippen LogP contribution < -0.4 is 15.5 Å². The molecule has 160 valence electrons. The minimum atomic E-state index is -4.43. The van der Waals surface area contributed by atoms with Gasteiger partial charge in [-0.15, -0.1) is 0 Å². The monoisotopic (exact) mass is 421 g/mol. The van der Waals surface area contributed by atoms with Gasteiger partial charge in [-0.3, -0.25) is 9.59 Å². The second-order valence-electron chi connectivity index (χ2n) is 7.09. The molecule has 2 N–H and O–H groups in total. The smallest absolute Gasteiger partial charge is 0.354 e. The number of pyridine rings is 2. The molecule has 10 heteroatoms. The van der Waals surface area contributed by atoms with Crippen molar-refractivity contribution in [1.82, 2.24) is 15.3 Å². The molecular formula is C20H22F3N5O2. The lowest BCUT2D eigenvalue weighted by molar-refractivity contribution is -0.137. The molecule has 3 rings (SSSR count). The first kappa shape index (κ1) is 21.5. The van der Waals surface area contributed by atoms with Gasteiger partial charge in [-0.25, -0.2) is 9.97 Å². The minimum absolute atomic E-state index is 0.177. The quantitative estimate of drug-likeness (QED) is 0.775. The van der Waals surface area contributed by atoms with E-state index in [9.17, 15) is 22.8 Å². The van der Waals surface area contributed by atoms with Crippen molar-refractivity contribution in [2.24, 2.45) is 0 Å². The van der Waals surface area contributed by atoms with Crippen molar-refractivity contribution < 1.29 is 22.8 Å². The topological polar surface area (TPSA) is 87.2 Å². The Kier molecular flexibility index (Phi) is 6.23. The molecule has 1 atom stereocenters. The van der Waals surface area contributed by atoms with E-state index >= 15 is 0 Å².